The van der Waals surface area contributed by atoms with Crippen molar-refractivity contribution in [3.8, 4) is 0 Å². The van der Waals surface area contributed by atoms with E-state index in [0.717, 1.165) is 11.3 Å². The summed E-state index contributed by atoms with van der Waals surface area (Å²) in [5.74, 6) is -6.05. The van der Waals surface area contributed by atoms with E-state index in [1.165, 1.54) is 12.4 Å². The Balaban J connectivity index is 2.16. The van der Waals surface area contributed by atoms with E-state index in [1.807, 2.05) is 0 Å². The first-order valence-electron chi connectivity index (χ1n) is 8.55. The number of rotatable bonds is 7. The van der Waals surface area contributed by atoms with Crippen molar-refractivity contribution in [1.82, 2.24) is 10.3 Å². The molecule has 5 N–H and O–H groups in total. The van der Waals surface area contributed by atoms with Gasteiger partial charge in [-0.2, -0.15) is 13.2 Å². The summed E-state index contributed by atoms with van der Waals surface area (Å²) >= 11 is 5.53. The zero-order valence-corrected chi connectivity index (χ0v) is 17.5. The van der Waals surface area contributed by atoms with Crippen molar-refractivity contribution in [1.29, 1.82) is 5.41 Å². The molecule has 31 heavy (non-hydrogen) atoms. The fourth-order valence-corrected chi connectivity index (χ4v) is 3.76. The average Bonchev–Trinajstić information content (AvgIpc) is 3.07. The number of thiocarbonyl (C=S) groups is 1. The van der Waals surface area contributed by atoms with Gasteiger partial charge in [0.2, 0.25) is 11.8 Å². The molecule has 168 valence electrons. The first kappa shape index (κ1) is 24.5. The van der Waals surface area contributed by atoms with Crippen molar-refractivity contribution in [2.75, 3.05) is 12.4 Å². The van der Waals surface area contributed by atoms with Crippen LogP contribution < -0.4 is 16.4 Å². The maximum atomic E-state index is 14.3. The molecule has 0 spiro atoms. The minimum Gasteiger partial charge on any atom is -0.392 e. The van der Waals surface area contributed by atoms with Gasteiger partial charge < -0.3 is 21.8 Å². The number of carbonyl (C=O) groups is 2. The fourth-order valence-electron chi connectivity index (χ4n) is 2.77. The quantitative estimate of drug-likeness (QED) is 0.270. The van der Waals surface area contributed by atoms with Crippen molar-refractivity contribution >= 4 is 56.8 Å². The molecule has 0 aromatic carbocycles. The number of nitrogens with two attached hydrogens (primary N) is 1. The van der Waals surface area contributed by atoms with Crippen LogP contribution >= 0.6 is 23.6 Å². The van der Waals surface area contributed by atoms with Crippen LogP contribution in [-0.2, 0) is 9.59 Å². The van der Waals surface area contributed by atoms with Crippen LogP contribution in [0.1, 0.15) is 25.0 Å². The Kier molecular flexibility index (Phi) is 7.59. The lowest BCUT2D eigenvalue weighted by molar-refractivity contribution is -0.121. The lowest BCUT2D eigenvalue weighted by Crippen LogP contribution is -2.42. The fraction of sp³-hybridized carbons (Fsp3) is 0.353. The van der Waals surface area contributed by atoms with E-state index in [1.54, 1.807) is 0 Å². The van der Waals surface area contributed by atoms with Crippen LogP contribution in [0.3, 0.4) is 0 Å². The molecule has 1 unspecified atom stereocenters. The molecule has 1 aliphatic rings. The highest BCUT2D eigenvalue weighted by Gasteiger charge is 2.43. The summed E-state index contributed by atoms with van der Waals surface area (Å²) in [6.45, 7) is 0. The van der Waals surface area contributed by atoms with Gasteiger partial charge in [0.15, 0.2) is 5.13 Å². The van der Waals surface area contributed by atoms with Crippen molar-refractivity contribution in [3.63, 3.8) is 0 Å². The number of amides is 2. The van der Waals surface area contributed by atoms with E-state index in [9.17, 15) is 31.5 Å². The Morgan fingerprint density at radius 2 is 2.00 bits per heavy atom. The summed E-state index contributed by atoms with van der Waals surface area (Å²) < 4.78 is 66.6. The first-order valence-corrected chi connectivity index (χ1v) is 9.84. The summed E-state index contributed by atoms with van der Waals surface area (Å²) in [7, 11) is 1.31. The van der Waals surface area contributed by atoms with Crippen molar-refractivity contribution in [2.45, 2.75) is 25.4 Å². The number of nitrogens with zero attached hydrogens (tertiary/aromatic N) is 1. The van der Waals surface area contributed by atoms with Crippen LogP contribution in [0.25, 0.3) is 5.57 Å². The highest BCUT2D eigenvalue weighted by atomic mass is 32.1. The zero-order valence-electron chi connectivity index (χ0n) is 15.8. The van der Waals surface area contributed by atoms with Gasteiger partial charge in [0, 0.05) is 30.1 Å². The van der Waals surface area contributed by atoms with Crippen LogP contribution in [-0.4, -0.2) is 40.7 Å². The summed E-state index contributed by atoms with van der Waals surface area (Å²) in [6.07, 6.45) is -6.72. The van der Waals surface area contributed by atoms with Gasteiger partial charge in [-0.15, -0.1) is 11.3 Å². The van der Waals surface area contributed by atoms with Crippen LogP contribution in [0.2, 0.25) is 0 Å². The average molecular weight is 481 g/mol. The van der Waals surface area contributed by atoms with Crippen LogP contribution in [0.15, 0.2) is 22.6 Å². The summed E-state index contributed by atoms with van der Waals surface area (Å²) in [6, 6.07) is 0. The molecule has 1 aromatic rings. The Labute approximate surface area is 182 Å². The number of hydrogen-bond donors (Lipinski definition) is 4. The lowest BCUT2D eigenvalue weighted by Gasteiger charge is -2.19. The number of carbonyl (C=O) groups excluding carboxylic acids is 2. The third-order valence-electron chi connectivity index (χ3n) is 4.19. The minimum atomic E-state index is -5.20. The van der Waals surface area contributed by atoms with Crippen LogP contribution in [0, 0.1) is 11.3 Å². The van der Waals surface area contributed by atoms with Crippen molar-refractivity contribution in [3.05, 3.63) is 28.3 Å². The van der Waals surface area contributed by atoms with Gasteiger partial charge in [0.1, 0.15) is 23.1 Å². The molecule has 14 heteroatoms. The Hall–Kier alpha value is -2.74. The Bertz CT molecular complexity index is 999. The van der Waals surface area contributed by atoms with E-state index in [4.69, 9.17) is 23.4 Å². The molecule has 7 nitrogen and oxygen atoms in total. The van der Waals surface area contributed by atoms with E-state index in [-0.39, 0.29) is 27.9 Å². The molecule has 0 aliphatic heterocycles. The summed E-state index contributed by atoms with van der Waals surface area (Å²) in [5.41, 5.74) is 2.50. The predicted molar refractivity (Wildman–Crippen MR) is 109 cm³/mol. The molecule has 1 aliphatic carbocycles. The van der Waals surface area contributed by atoms with Gasteiger partial charge in [-0.3, -0.25) is 9.59 Å². The van der Waals surface area contributed by atoms with Crippen LogP contribution in [0.4, 0.5) is 27.1 Å². The number of anilines is 1. The molecular formula is C17H16F5N5O2S2. The van der Waals surface area contributed by atoms with Gasteiger partial charge in [-0.1, -0.05) is 12.2 Å². The Morgan fingerprint density at radius 3 is 2.55 bits per heavy atom. The minimum absolute atomic E-state index is 0.0801. The topological polar surface area (TPSA) is 121 Å². The second-order valence-corrected chi connectivity index (χ2v) is 7.64. The van der Waals surface area contributed by atoms with E-state index in [2.05, 4.69) is 15.6 Å². The highest BCUT2D eigenvalue weighted by molar-refractivity contribution is 7.80. The number of allylic oxidation sites excluding steroid dienone is 4. The maximum Gasteiger partial charge on any atom is 0.421 e. The largest absolute Gasteiger partial charge is 0.421 e. The zero-order chi connectivity index (χ0) is 23.5. The van der Waals surface area contributed by atoms with Gasteiger partial charge >= 0.3 is 6.18 Å². The molecular weight excluding hydrogens is 465 g/mol. The van der Waals surface area contributed by atoms with Crippen LogP contribution in [0.5, 0.6) is 0 Å². The van der Waals surface area contributed by atoms with E-state index in [0.29, 0.717) is 0 Å². The second kappa shape index (κ2) is 9.60. The number of halogens is 5. The molecule has 0 saturated heterocycles. The normalized spacial score (nSPS) is 15.5. The number of hydrogen-bond acceptors (Lipinski definition) is 6. The van der Waals surface area contributed by atoms with Crippen molar-refractivity contribution in [2.24, 2.45) is 11.7 Å². The number of nitrogens with one attached hydrogen (secondary N) is 3. The molecule has 1 aromatic heterocycles. The SMILES string of the molecule is CNC(=O)C(C(=N)CC(=O)Nc1nc(C2=C(F)C(C(F)(F)F)=C(F)CC2)cs1)C(N)=S. The van der Waals surface area contributed by atoms with Gasteiger partial charge in [0.25, 0.3) is 0 Å². The van der Waals surface area contributed by atoms with E-state index >= 15 is 0 Å². The highest BCUT2D eigenvalue weighted by Crippen LogP contribution is 2.44. The molecule has 0 fully saturated rings. The second-order valence-electron chi connectivity index (χ2n) is 6.31. The molecule has 0 radical (unpaired) electrons. The summed E-state index contributed by atoms with van der Waals surface area (Å²) in [5, 5.41) is 13.6. The van der Waals surface area contributed by atoms with Gasteiger partial charge in [-0.25, -0.2) is 13.8 Å². The molecule has 1 atom stereocenters. The molecule has 2 amide bonds. The molecule has 0 bridgehead atoms. The number of aromatic nitrogens is 1. The van der Waals surface area contributed by atoms with E-state index < -0.39 is 59.6 Å². The monoisotopic (exact) mass is 481 g/mol. The predicted octanol–water partition coefficient (Wildman–Crippen LogP) is 3.40. The standard InChI is InChI=1S/C17H16F5N5O2S2/c1-25-15(29)11(14(24)30)8(23)4-10(28)27-16-26-9(5-31-16)6-2-3-7(18)12(13(6)19)17(20,21)22/h5,11,23H,2-4H2,1H3,(H2,24,30)(H,25,29)(H,26,27,28). The molecule has 0 saturated carbocycles. The number of thiazole rings is 1. The Morgan fingerprint density at radius 1 is 1.35 bits per heavy atom. The summed E-state index contributed by atoms with van der Waals surface area (Å²) in [4.78, 5) is 27.5. The smallest absolute Gasteiger partial charge is 0.392 e. The lowest BCUT2D eigenvalue weighted by atomic mass is 9.95. The molecule has 2 rings (SSSR count). The maximum absolute atomic E-state index is 14.3. The first-order chi connectivity index (χ1) is 14.4. The van der Waals surface area contributed by atoms with Gasteiger partial charge in [0.05, 0.1) is 17.1 Å². The molecule has 1 heterocycles. The number of alkyl halides is 3. The van der Waals surface area contributed by atoms with Gasteiger partial charge in [-0.05, 0) is 6.42 Å². The third kappa shape index (κ3) is 5.70. The van der Waals surface area contributed by atoms with Crippen molar-refractivity contribution < 1.29 is 31.5 Å². The third-order valence-corrected chi connectivity index (χ3v) is 5.18.